The molecule has 0 aliphatic carbocycles. The number of hydrogen-bond donors (Lipinski definition) is 2. The number of piperidine rings is 1. The van der Waals surface area contributed by atoms with E-state index in [-0.39, 0.29) is 30.4 Å². The summed E-state index contributed by atoms with van der Waals surface area (Å²) in [4.78, 5) is 18.7. The first-order valence-corrected chi connectivity index (χ1v) is 7.87. The standard InChI is InChI=1S/C16H26N4O.ClH/c1-2-5-15(17)16(21)19-13-7-10-20(11-8-13)12-14-6-3-4-9-18-14;/h3-4,6,9,13,15H,2,5,7-8,10-12,17H2,1H3,(H,19,21);1H. The number of nitrogens with two attached hydrogens (primary N) is 1. The summed E-state index contributed by atoms with van der Waals surface area (Å²) in [5.41, 5.74) is 6.95. The fourth-order valence-electron chi connectivity index (χ4n) is 2.71. The molecule has 0 saturated carbocycles. The molecule has 0 aromatic carbocycles. The first kappa shape index (κ1) is 18.9. The molecule has 0 bridgehead atoms. The maximum Gasteiger partial charge on any atom is 0.237 e. The minimum Gasteiger partial charge on any atom is -0.352 e. The average Bonchev–Trinajstić information content (AvgIpc) is 2.50. The number of nitrogens with one attached hydrogen (secondary N) is 1. The molecular weight excluding hydrogens is 300 g/mol. The van der Waals surface area contributed by atoms with Crippen LogP contribution < -0.4 is 11.1 Å². The normalized spacial score (nSPS) is 17.5. The average molecular weight is 327 g/mol. The minimum absolute atomic E-state index is 0. The van der Waals surface area contributed by atoms with Gasteiger partial charge in [-0.1, -0.05) is 19.4 Å². The van der Waals surface area contributed by atoms with Crippen molar-refractivity contribution >= 4 is 18.3 Å². The Kier molecular flexibility index (Phi) is 8.38. The van der Waals surface area contributed by atoms with Crippen LogP contribution >= 0.6 is 12.4 Å². The number of amides is 1. The largest absolute Gasteiger partial charge is 0.352 e. The maximum atomic E-state index is 11.9. The highest BCUT2D eigenvalue weighted by molar-refractivity contribution is 5.85. The highest BCUT2D eigenvalue weighted by Gasteiger charge is 2.22. The van der Waals surface area contributed by atoms with Gasteiger partial charge in [0, 0.05) is 31.9 Å². The van der Waals surface area contributed by atoms with Crippen LogP contribution in [-0.4, -0.2) is 41.0 Å². The highest BCUT2D eigenvalue weighted by Crippen LogP contribution is 2.13. The van der Waals surface area contributed by atoms with E-state index in [2.05, 4.69) is 21.3 Å². The Morgan fingerprint density at radius 3 is 2.77 bits per heavy atom. The second-order valence-corrected chi connectivity index (χ2v) is 5.78. The molecule has 5 nitrogen and oxygen atoms in total. The van der Waals surface area contributed by atoms with Crippen molar-refractivity contribution in [2.75, 3.05) is 13.1 Å². The first-order chi connectivity index (χ1) is 10.2. The third-order valence-corrected chi connectivity index (χ3v) is 3.98. The highest BCUT2D eigenvalue weighted by atomic mass is 35.5. The van der Waals surface area contributed by atoms with E-state index in [9.17, 15) is 4.79 Å². The van der Waals surface area contributed by atoms with Gasteiger partial charge in [-0.25, -0.2) is 0 Å². The zero-order valence-electron chi connectivity index (χ0n) is 13.2. The zero-order valence-corrected chi connectivity index (χ0v) is 14.0. The fraction of sp³-hybridized carbons (Fsp3) is 0.625. The Hall–Kier alpha value is -1.17. The number of halogens is 1. The van der Waals surface area contributed by atoms with Crippen LogP contribution in [0.2, 0.25) is 0 Å². The number of nitrogens with zero attached hydrogens (tertiary/aromatic N) is 2. The summed E-state index contributed by atoms with van der Waals surface area (Å²) in [6, 6.07) is 5.91. The van der Waals surface area contributed by atoms with Gasteiger partial charge in [-0.15, -0.1) is 12.4 Å². The first-order valence-electron chi connectivity index (χ1n) is 7.87. The number of likely N-dealkylation sites (tertiary alicyclic amines) is 1. The molecule has 6 heteroatoms. The molecule has 2 rings (SSSR count). The summed E-state index contributed by atoms with van der Waals surface area (Å²) >= 11 is 0. The van der Waals surface area contributed by atoms with Crippen LogP contribution in [0.3, 0.4) is 0 Å². The van der Waals surface area contributed by atoms with Crippen molar-refractivity contribution in [3.05, 3.63) is 30.1 Å². The lowest BCUT2D eigenvalue weighted by molar-refractivity contribution is -0.123. The molecule has 1 aliphatic rings. The van der Waals surface area contributed by atoms with E-state index in [4.69, 9.17) is 5.73 Å². The van der Waals surface area contributed by atoms with Gasteiger partial charge >= 0.3 is 0 Å². The second kappa shape index (κ2) is 9.77. The molecule has 1 aromatic rings. The lowest BCUT2D eigenvalue weighted by atomic mass is 10.0. The topological polar surface area (TPSA) is 71.2 Å². The summed E-state index contributed by atoms with van der Waals surface area (Å²) in [6.07, 6.45) is 5.49. The van der Waals surface area contributed by atoms with Crippen LogP contribution in [0.4, 0.5) is 0 Å². The monoisotopic (exact) mass is 326 g/mol. The van der Waals surface area contributed by atoms with Gasteiger partial charge in [-0.2, -0.15) is 0 Å². The van der Waals surface area contributed by atoms with Gasteiger partial charge in [0.25, 0.3) is 0 Å². The van der Waals surface area contributed by atoms with Crippen LogP contribution in [0.1, 0.15) is 38.3 Å². The number of pyridine rings is 1. The van der Waals surface area contributed by atoms with Gasteiger partial charge in [0.05, 0.1) is 11.7 Å². The minimum atomic E-state index is -0.360. The van der Waals surface area contributed by atoms with Gasteiger partial charge in [-0.05, 0) is 31.4 Å². The van der Waals surface area contributed by atoms with E-state index in [1.807, 2.05) is 25.3 Å². The molecule has 2 heterocycles. The summed E-state index contributed by atoms with van der Waals surface area (Å²) in [6.45, 7) is 4.91. The van der Waals surface area contributed by atoms with E-state index in [0.717, 1.165) is 51.0 Å². The molecule has 1 saturated heterocycles. The predicted octanol–water partition coefficient (Wildman–Crippen LogP) is 1.71. The van der Waals surface area contributed by atoms with Crippen LogP contribution in [0, 0.1) is 0 Å². The quantitative estimate of drug-likeness (QED) is 0.835. The van der Waals surface area contributed by atoms with E-state index in [1.54, 1.807) is 0 Å². The number of hydrogen-bond acceptors (Lipinski definition) is 4. The summed E-state index contributed by atoms with van der Waals surface area (Å²) in [7, 11) is 0. The van der Waals surface area contributed by atoms with Crippen molar-refractivity contribution in [2.45, 2.75) is 51.2 Å². The molecule has 124 valence electrons. The molecular formula is C16H27ClN4O. The van der Waals surface area contributed by atoms with Crippen molar-refractivity contribution in [1.82, 2.24) is 15.2 Å². The number of rotatable bonds is 6. The second-order valence-electron chi connectivity index (χ2n) is 5.78. The van der Waals surface area contributed by atoms with Crippen LogP contribution in [0.25, 0.3) is 0 Å². The van der Waals surface area contributed by atoms with E-state index in [0.29, 0.717) is 0 Å². The van der Waals surface area contributed by atoms with Gasteiger partial charge in [0.2, 0.25) is 5.91 Å². The molecule has 1 atom stereocenters. The van der Waals surface area contributed by atoms with Gasteiger partial charge in [0.1, 0.15) is 0 Å². The Morgan fingerprint density at radius 2 is 2.18 bits per heavy atom. The van der Waals surface area contributed by atoms with Gasteiger partial charge in [0.15, 0.2) is 0 Å². The lowest BCUT2D eigenvalue weighted by Gasteiger charge is -2.32. The van der Waals surface area contributed by atoms with Gasteiger partial charge in [-0.3, -0.25) is 14.7 Å². The third-order valence-electron chi connectivity index (χ3n) is 3.98. The van der Waals surface area contributed by atoms with Crippen molar-refractivity contribution in [3.63, 3.8) is 0 Å². The fourth-order valence-corrected chi connectivity index (χ4v) is 2.71. The van der Waals surface area contributed by atoms with Crippen LogP contribution in [0.5, 0.6) is 0 Å². The van der Waals surface area contributed by atoms with Crippen LogP contribution in [0.15, 0.2) is 24.4 Å². The Labute approximate surface area is 139 Å². The van der Waals surface area contributed by atoms with Crippen LogP contribution in [-0.2, 0) is 11.3 Å². The Balaban J connectivity index is 0.00000242. The number of aromatic nitrogens is 1. The predicted molar refractivity (Wildman–Crippen MR) is 90.8 cm³/mol. The number of carbonyl (C=O) groups is 1. The molecule has 1 aliphatic heterocycles. The van der Waals surface area contributed by atoms with E-state index >= 15 is 0 Å². The molecule has 1 fully saturated rings. The SMILES string of the molecule is CCCC(N)C(=O)NC1CCN(Cc2ccccn2)CC1.Cl. The molecule has 3 N–H and O–H groups in total. The summed E-state index contributed by atoms with van der Waals surface area (Å²) in [5, 5.41) is 3.08. The summed E-state index contributed by atoms with van der Waals surface area (Å²) in [5.74, 6) is 0.0000241. The van der Waals surface area contributed by atoms with Crippen molar-refractivity contribution < 1.29 is 4.79 Å². The smallest absolute Gasteiger partial charge is 0.237 e. The number of carbonyl (C=O) groups excluding carboxylic acids is 1. The van der Waals surface area contributed by atoms with Crippen molar-refractivity contribution in [3.8, 4) is 0 Å². The molecule has 0 spiro atoms. The summed E-state index contributed by atoms with van der Waals surface area (Å²) < 4.78 is 0. The van der Waals surface area contributed by atoms with Crippen molar-refractivity contribution in [2.24, 2.45) is 5.73 Å². The Morgan fingerprint density at radius 1 is 1.45 bits per heavy atom. The van der Waals surface area contributed by atoms with Crippen molar-refractivity contribution in [1.29, 1.82) is 0 Å². The zero-order chi connectivity index (χ0) is 15.1. The lowest BCUT2D eigenvalue weighted by Crippen LogP contribution is -2.49. The van der Waals surface area contributed by atoms with Gasteiger partial charge < -0.3 is 11.1 Å². The Bertz CT molecular complexity index is 435. The third kappa shape index (κ3) is 5.91. The molecule has 1 aromatic heterocycles. The van der Waals surface area contributed by atoms with E-state index in [1.165, 1.54) is 0 Å². The molecule has 1 amide bonds. The van der Waals surface area contributed by atoms with E-state index < -0.39 is 0 Å². The maximum absolute atomic E-state index is 11.9. The molecule has 22 heavy (non-hydrogen) atoms. The molecule has 1 unspecified atom stereocenters. The molecule has 0 radical (unpaired) electrons.